The standard InChI is InChI=1S/C12H16FNO/c1-8-6-10(13)4-5-12(8)15-7-11(14)9-2-3-9/h4-6,9,11H,2-3,7,14H2,1H3. The highest BCUT2D eigenvalue weighted by Gasteiger charge is 2.28. The molecule has 1 unspecified atom stereocenters. The van der Waals surface area contributed by atoms with Crippen molar-refractivity contribution < 1.29 is 9.13 Å². The number of halogens is 1. The Kier molecular flexibility index (Phi) is 2.91. The van der Waals surface area contributed by atoms with E-state index in [4.69, 9.17) is 10.5 Å². The molecule has 2 nitrogen and oxygen atoms in total. The van der Waals surface area contributed by atoms with E-state index in [0.29, 0.717) is 12.5 Å². The first kappa shape index (κ1) is 10.4. The molecule has 0 aliphatic heterocycles. The van der Waals surface area contributed by atoms with E-state index in [-0.39, 0.29) is 11.9 Å². The molecule has 3 heteroatoms. The predicted molar refractivity (Wildman–Crippen MR) is 57.3 cm³/mol. The molecule has 15 heavy (non-hydrogen) atoms. The Morgan fingerprint density at radius 2 is 2.27 bits per heavy atom. The molecule has 1 aromatic carbocycles. The first-order chi connectivity index (χ1) is 7.16. The number of rotatable bonds is 4. The Labute approximate surface area is 89.2 Å². The average molecular weight is 209 g/mol. The van der Waals surface area contributed by atoms with Crippen molar-refractivity contribution in [3.63, 3.8) is 0 Å². The smallest absolute Gasteiger partial charge is 0.123 e. The maximum Gasteiger partial charge on any atom is 0.123 e. The van der Waals surface area contributed by atoms with E-state index in [1.165, 1.54) is 25.0 Å². The fourth-order valence-electron chi connectivity index (χ4n) is 1.62. The second-order valence-corrected chi connectivity index (χ2v) is 4.22. The lowest BCUT2D eigenvalue weighted by Gasteiger charge is -2.13. The lowest BCUT2D eigenvalue weighted by Crippen LogP contribution is -2.30. The van der Waals surface area contributed by atoms with Crippen molar-refractivity contribution in [3.05, 3.63) is 29.6 Å². The minimum atomic E-state index is -0.230. The molecule has 1 saturated carbocycles. The van der Waals surface area contributed by atoms with Gasteiger partial charge in [0.2, 0.25) is 0 Å². The van der Waals surface area contributed by atoms with Crippen LogP contribution in [0, 0.1) is 18.7 Å². The summed E-state index contributed by atoms with van der Waals surface area (Å²) in [6.07, 6.45) is 2.43. The first-order valence-electron chi connectivity index (χ1n) is 5.31. The number of aryl methyl sites for hydroxylation is 1. The average Bonchev–Trinajstić information content (AvgIpc) is 2.99. The van der Waals surface area contributed by atoms with Gasteiger partial charge < -0.3 is 10.5 Å². The lowest BCUT2D eigenvalue weighted by molar-refractivity contribution is 0.274. The molecule has 2 rings (SSSR count). The number of hydrogen-bond donors (Lipinski definition) is 1. The summed E-state index contributed by atoms with van der Waals surface area (Å²) < 4.78 is 18.4. The van der Waals surface area contributed by atoms with Crippen molar-refractivity contribution in [1.29, 1.82) is 0 Å². The molecule has 82 valence electrons. The summed E-state index contributed by atoms with van der Waals surface area (Å²) in [5.41, 5.74) is 6.73. The molecule has 0 amide bonds. The Balaban J connectivity index is 1.92. The summed E-state index contributed by atoms with van der Waals surface area (Å²) in [4.78, 5) is 0. The quantitative estimate of drug-likeness (QED) is 0.825. The van der Waals surface area contributed by atoms with E-state index in [1.54, 1.807) is 6.07 Å². The first-order valence-corrected chi connectivity index (χ1v) is 5.31. The van der Waals surface area contributed by atoms with Gasteiger partial charge in [0.05, 0.1) is 0 Å². The Morgan fingerprint density at radius 3 is 2.87 bits per heavy atom. The fraction of sp³-hybridized carbons (Fsp3) is 0.500. The van der Waals surface area contributed by atoms with Gasteiger partial charge in [-0.05, 0) is 49.4 Å². The van der Waals surface area contributed by atoms with Crippen LogP contribution >= 0.6 is 0 Å². The van der Waals surface area contributed by atoms with E-state index in [1.807, 2.05) is 6.92 Å². The number of ether oxygens (including phenoxy) is 1. The molecule has 1 aromatic rings. The molecular formula is C12H16FNO. The van der Waals surface area contributed by atoms with Gasteiger partial charge in [-0.1, -0.05) is 0 Å². The topological polar surface area (TPSA) is 35.2 Å². The summed E-state index contributed by atoms with van der Waals surface area (Å²) in [7, 11) is 0. The molecule has 0 radical (unpaired) electrons. The summed E-state index contributed by atoms with van der Waals surface area (Å²) in [6.45, 7) is 2.36. The van der Waals surface area contributed by atoms with E-state index in [9.17, 15) is 4.39 Å². The lowest BCUT2D eigenvalue weighted by atomic mass is 10.2. The van der Waals surface area contributed by atoms with E-state index in [0.717, 1.165) is 11.3 Å². The van der Waals surface area contributed by atoms with Gasteiger partial charge in [0.25, 0.3) is 0 Å². The second kappa shape index (κ2) is 4.19. The van der Waals surface area contributed by atoms with Crippen molar-refractivity contribution in [1.82, 2.24) is 0 Å². The molecule has 0 bridgehead atoms. The summed E-state index contributed by atoms with van der Waals surface area (Å²) >= 11 is 0. The highest BCUT2D eigenvalue weighted by atomic mass is 19.1. The zero-order valence-electron chi connectivity index (χ0n) is 8.87. The zero-order valence-corrected chi connectivity index (χ0v) is 8.87. The Bertz CT molecular complexity index is 349. The molecule has 0 spiro atoms. The number of nitrogens with two attached hydrogens (primary N) is 1. The van der Waals surface area contributed by atoms with Crippen molar-refractivity contribution >= 4 is 0 Å². The Hall–Kier alpha value is -1.09. The van der Waals surface area contributed by atoms with Crippen LogP contribution in [0.1, 0.15) is 18.4 Å². The SMILES string of the molecule is Cc1cc(F)ccc1OCC(N)C1CC1. The summed E-state index contributed by atoms with van der Waals surface area (Å²) in [5, 5.41) is 0. The fourth-order valence-corrected chi connectivity index (χ4v) is 1.62. The normalized spacial score (nSPS) is 17.5. The van der Waals surface area contributed by atoms with Crippen LogP contribution in [0.3, 0.4) is 0 Å². The van der Waals surface area contributed by atoms with Gasteiger partial charge in [-0.2, -0.15) is 0 Å². The monoisotopic (exact) mass is 209 g/mol. The van der Waals surface area contributed by atoms with Gasteiger partial charge >= 0.3 is 0 Å². The van der Waals surface area contributed by atoms with Gasteiger partial charge in [-0.25, -0.2) is 4.39 Å². The molecule has 2 N–H and O–H groups in total. The predicted octanol–water partition coefficient (Wildman–Crippen LogP) is 2.25. The van der Waals surface area contributed by atoms with Crippen LogP contribution in [0.4, 0.5) is 4.39 Å². The van der Waals surface area contributed by atoms with Crippen LogP contribution < -0.4 is 10.5 Å². The van der Waals surface area contributed by atoms with Crippen molar-refractivity contribution in [2.24, 2.45) is 11.7 Å². The van der Waals surface area contributed by atoms with Crippen LogP contribution in [0.25, 0.3) is 0 Å². The summed E-state index contributed by atoms with van der Waals surface area (Å²) in [5.74, 6) is 1.13. The van der Waals surface area contributed by atoms with Crippen LogP contribution in [0.5, 0.6) is 5.75 Å². The highest BCUT2D eigenvalue weighted by molar-refractivity contribution is 5.32. The van der Waals surface area contributed by atoms with Crippen molar-refractivity contribution in [3.8, 4) is 5.75 Å². The maximum atomic E-state index is 12.8. The summed E-state index contributed by atoms with van der Waals surface area (Å²) in [6, 6.07) is 4.65. The molecular weight excluding hydrogens is 193 g/mol. The zero-order chi connectivity index (χ0) is 10.8. The molecule has 0 aromatic heterocycles. The number of benzene rings is 1. The third kappa shape index (κ3) is 2.69. The minimum absolute atomic E-state index is 0.120. The maximum absolute atomic E-state index is 12.8. The largest absolute Gasteiger partial charge is 0.492 e. The van der Waals surface area contributed by atoms with E-state index < -0.39 is 0 Å². The van der Waals surface area contributed by atoms with Crippen LogP contribution in [0.2, 0.25) is 0 Å². The molecule has 1 fully saturated rings. The van der Waals surface area contributed by atoms with Gasteiger partial charge in [-0.3, -0.25) is 0 Å². The molecule has 1 atom stereocenters. The second-order valence-electron chi connectivity index (χ2n) is 4.22. The minimum Gasteiger partial charge on any atom is -0.492 e. The van der Waals surface area contributed by atoms with Crippen LogP contribution in [0.15, 0.2) is 18.2 Å². The van der Waals surface area contributed by atoms with Crippen molar-refractivity contribution in [2.75, 3.05) is 6.61 Å². The molecule has 0 saturated heterocycles. The third-order valence-electron chi connectivity index (χ3n) is 2.80. The molecule has 0 heterocycles. The van der Waals surface area contributed by atoms with E-state index in [2.05, 4.69) is 0 Å². The Morgan fingerprint density at radius 1 is 1.53 bits per heavy atom. The van der Waals surface area contributed by atoms with Crippen LogP contribution in [-0.4, -0.2) is 12.6 Å². The van der Waals surface area contributed by atoms with Gasteiger partial charge in [-0.15, -0.1) is 0 Å². The highest BCUT2D eigenvalue weighted by Crippen LogP contribution is 2.32. The number of hydrogen-bond acceptors (Lipinski definition) is 2. The van der Waals surface area contributed by atoms with Gasteiger partial charge in [0.15, 0.2) is 0 Å². The van der Waals surface area contributed by atoms with Crippen LogP contribution in [-0.2, 0) is 0 Å². The molecule has 1 aliphatic rings. The van der Waals surface area contributed by atoms with Gasteiger partial charge in [0.1, 0.15) is 18.2 Å². The van der Waals surface area contributed by atoms with Crippen molar-refractivity contribution in [2.45, 2.75) is 25.8 Å². The van der Waals surface area contributed by atoms with Gasteiger partial charge in [0, 0.05) is 6.04 Å². The molecule has 1 aliphatic carbocycles. The third-order valence-corrected chi connectivity index (χ3v) is 2.80. The van der Waals surface area contributed by atoms with E-state index >= 15 is 0 Å².